The fourth-order valence-corrected chi connectivity index (χ4v) is 2.38. The van der Waals surface area contributed by atoms with E-state index in [1.165, 1.54) is 18.2 Å². The smallest absolute Gasteiger partial charge is 0.227 e. The highest BCUT2D eigenvalue weighted by Crippen LogP contribution is 2.16. The molecule has 1 aliphatic rings. The second kappa shape index (κ2) is 7.55. The van der Waals surface area contributed by atoms with Crippen molar-refractivity contribution in [1.29, 1.82) is 0 Å². The van der Waals surface area contributed by atoms with Gasteiger partial charge in [0.25, 0.3) is 0 Å². The number of halogens is 3. The molecule has 6 heteroatoms. The van der Waals surface area contributed by atoms with Crippen molar-refractivity contribution in [3.8, 4) is 0 Å². The molecular formula is C14H19ClF2N2O. The van der Waals surface area contributed by atoms with E-state index in [2.05, 4.69) is 5.32 Å². The first-order valence-electron chi connectivity index (χ1n) is 6.49. The maximum absolute atomic E-state index is 13.5. The van der Waals surface area contributed by atoms with Gasteiger partial charge < -0.3 is 10.2 Å². The predicted octanol–water partition coefficient (Wildman–Crippen LogP) is 2.14. The van der Waals surface area contributed by atoms with Crippen molar-refractivity contribution < 1.29 is 13.6 Å². The minimum atomic E-state index is -0.654. The minimum absolute atomic E-state index is 0. The monoisotopic (exact) mass is 304 g/mol. The van der Waals surface area contributed by atoms with Gasteiger partial charge in [0, 0.05) is 24.7 Å². The molecule has 1 aromatic rings. The van der Waals surface area contributed by atoms with Gasteiger partial charge in [-0.3, -0.25) is 4.79 Å². The average Bonchev–Trinajstić information content (AvgIpc) is 2.43. The molecule has 0 saturated carbocycles. The molecule has 0 atom stereocenters. The van der Waals surface area contributed by atoms with Crippen molar-refractivity contribution in [2.75, 3.05) is 20.1 Å². The Labute approximate surface area is 123 Å². The number of carbonyl (C=O) groups excluding carboxylic acids is 1. The Bertz CT molecular complexity index is 442. The molecule has 0 radical (unpaired) electrons. The summed E-state index contributed by atoms with van der Waals surface area (Å²) < 4.78 is 26.9. The first-order chi connectivity index (χ1) is 9.11. The lowest BCUT2D eigenvalue weighted by Crippen LogP contribution is -2.44. The van der Waals surface area contributed by atoms with Crippen LogP contribution in [0, 0.1) is 11.6 Å². The van der Waals surface area contributed by atoms with E-state index in [0.717, 1.165) is 12.8 Å². The predicted molar refractivity (Wildman–Crippen MR) is 76.0 cm³/mol. The Balaban J connectivity index is 0.00000200. The van der Waals surface area contributed by atoms with E-state index < -0.39 is 11.6 Å². The first kappa shape index (κ1) is 16.9. The number of hydrogen-bond acceptors (Lipinski definition) is 2. The Morgan fingerprint density at radius 1 is 1.30 bits per heavy atom. The number of nitrogens with zero attached hydrogens (tertiary/aromatic N) is 1. The summed E-state index contributed by atoms with van der Waals surface area (Å²) >= 11 is 0. The van der Waals surface area contributed by atoms with Gasteiger partial charge in [0.2, 0.25) is 5.91 Å². The minimum Gasteiger partial charge on any atom is -0.342 e. The van der Waals surface area contributed by atoms with Gasteiger partial charge in [-0.25, -0.2) is 8.78 Å². The van der Waals surface area contributed by atoms with Crippen LogP contribution in [0.5, 0.6) is 0 Å². The summed E-state index contributed by atoms with van der Waals surface area (Å²) in [5, 5.41) is 3.17. The quantitative estimate of drug-likeness (QED) is 0.928. The summed E-state index contributed by atoms with van der Waals surface area (Å²) in [7, 11) is 1.90. The summed E-state index contributed by atoms with van der Waals surface area (Å²) in [5.41, 5.74) is -0.136. The molecular weight excluding hydrogens is 286 g/mol. The molecule has 1 aromatic carbocycles. The van der Waals surface area contributed by atoms with Crippen molar-refractivity contribution in [3.05, 3.63) is 35.4 Å². The fraction of sp³-hybridized carbons (Fsp3) is 0.500. The maximum Gasteiger partial charge on any atom is 0.227 e. The van der Waals surface area contributed by atoms with Gasteiger partial charge in [-0.2, -0.15) is 0 Å². The number of amides is 1. The largest absolute Gasteiger partial charge is 0.342 e. The molecule has 20 heavy (non-hydrogen) atoms. The lowest BCUT2D eigenvalue weighted by Gasteiger charge is -2.32. The van der Waals surface area contributed by atoms with Gasteiger partial charge in [0.15, 0.2) is 0 Å². The fourth-order valence-electron chi connectivity index (χ4n) is 2.38. The SMILES string of the molecule is CNC1CCN(C(=O)Cc2c(F)cccc2F)CC1.Cl. The third kappa shape index (κ3) is 3.90. The van der Waals surface area contributed by atoms with Crippen LogP contribution < -0.4 is 5.32 Å². The van der Waals surface area contributed by atoms with E-state index in [9.17, 15) is 13.6 Å². The topological polar surface area (TPSA) is 32.3 Å². The van der Waals surface area contributed by atoms with Gasteiger partial charge in [-0.05, 0) is 32.0 Å². The number of rotatable bonds is 3. The number of benzene rings is 1. The Hall–Kier alpha value is -1.20. The highest BCUT2D eigenvalue weighted by Gasteiger charge is 2.23. The third-order valence-corrected chi connectivity index (χ3v) is 3.65. The summed E-state index contributed by atoms with van der Waals surface area (Å²) in [5.74, 6) is -1.52. The van der Waals surface area contributed by atoms with E-state index in [0.29, 0.717) is 19.1 Å². The van der Waals surface area contributed by atoms with Crippen LogP contribution in [0.15, 0.2) is 18.2 Å². The van der Waals surface area contributed by atoms with E-state index in [1.807, 2.05) is 7.05 Å². The molecule has 0 bridgehead atoms. The summed E-state index contributed by atoms with van der Waals surface area (Å²) in [6, 6.07) is 4.09. The molecule has 1 heterocycles. The third-order valence-electron chi connectivity index (χ3n) is 3.65. The molecule has 1 N–H and O–H groups in total. The molecule has 1 saturated heterocycles. The number of likely N-dealkylation sites (tertiary alicyclic amines) is 1. The van der Waals surface area contributed by atoms with Crippen molar-refractivity contribution in [2.24, 2.45) is 0 Å². The number of carbonyl (C=O) groups is 1. The van der Waals surface area contributed by atoms with E-state index in [4.69, 9.17) is 0 Å². The maximum atomic E-state index is 13.5. The van der Waals surface area contributed by atoms with Crippen LogP contribution in [0.4, 0.5) is 8.78 Å². The lowest BCUT2D eigenvalue weighted by molar-refractivity contribution is -0.131. The van der Waals surface area contributed by atoms with Crippen LogP contribution in [0.3, 0.4) is 0 Å². The van der Waals surface area contributed by atoms with Crippen LogP contribution in [0.2, 0.25) is 0 Å². The van der Waals surface area contributed by atoms with E-state index in [1.54, 1.807) is 4.90 Å². The Morgan fingerprint density at radius 3 is 2.35 bits per heavy atom. The molecule has 0 spiro atoms. The molecule has 0 unspecified atom stereocenters. The molecule has 0 aromatic heterocycles. The second-order valence-electron chi connectivity index (χ2n) is 4.82. The van der Waals surface area contributed by atoms with Crippen molar-refractivity contribution in [2.45, 2.75) is 25.3 Å². The summed E-state index contributed by atoms with van der Waals surface area (Å²) in [6.45, 7) is 1.28. The first-order valence-corrected chi connectivity index (χ1v) is 6.49. The molecule has 1 fully saturated rings. The van der Waals surface area contributed by atoms with Gasteiger partial charge in [-0.15, -0.1) is 12.4 Å². The molecule has 2 rings (SSSR count). The Morgan fingerprint density at radius 2 is 1.85 bits per heavy atom. The second-order valence-corrected chi connectivity index (χ2v) is 4.82. The number of hydrogen-bond donors (Lipinski definition) is 1. The van der Waals surface area contributed by atoms with Gasteiger partial charge in [0.05, 0.1) is 6.42 Å². The van der Waals surface area contributed by atoms with Gasteiger partial charge in [0.1, 0.15) is 11.6 Å². The van der Waals surface area contributed by atoms with Crippen LogP contribution >= 0.6 is 12.4 Å². The van der Waals surface area contributed by atoms with Crippen LogP contribution in [0.25, 0.3) is 0 Å². The summed E-state index contributed by atoms with van der Waals surface area (Å²) in [4.78, 5) is 13.7. The lowest BCUT2D eigenvalue weighted by atomic mass is 10.0. The highest BCUT2D eigenvalue weighted by atomic mass is 35.5. The van der Waals surface area contributed by atoms with Crippen LogP contribution in [-0.4, -0.2) is 37.0 Å². The van der Waals surface area contributed by atoms with Crippen molar-refractivity contribution in [1.82, 2.24) is 10.2 Å². The van der Waals surface area contributed by atoms with Crippen LogP contribution in [0.1, 0.15) is 18.4 Å². The highest BCUT2D eigenvalue weighted by molar-refractivity contribution is 5.85. The standard InChI is InChI=1S/C14H18F2N2O.ClH/c1-17-10-5-7-18(8-6-10)14(19)9-11-12(15)3-2-4-13(11)16;/h2-4,10,17H,5-9H2,1H3;1H. The zero-order valence-electron chi connectivity index (χ0n) is 11.4. The molecule has 1 amide bonds. The van der Waals surface area contributed by atoms with Gasteiger partial charge >= 0.3 is 0 Å². The van der Waals surface area contributed by atoms with E-state index in [-0.39, 0.29) is 30.3 Å². The van der Waals surface area contributed by atoms with E-state index >= 15 is 0 Å². The molecule has 112 valence electrons. The van der Waals surface area contributed by atoms with Crippen LogP contribution in [-0.2, 0) is 11.2 Å². The zero-order chi connectivity index (χ0) is 13.8. The Kier molecular flexibility index (Phi) is 6.36. The summed E-state index contributed by atoms with van der Waals surface area (Å²) in [6.07, 6.45) is 1.55. The molecule has 0 aliphatic carbocycles. The average molecular weight is 305 g/mol. The molecule has 1 aliphatic heterocycles. The molecule has 3 nitrogen and oxygen atoms in total. The number of piperidine rings is 1. The van der Waals surface area contributed by atoms with Crippen molar-refractivity contribution in [3.63, 3.8) is 0 Å². The van der Waals surface area contributed by atoms with Crippen molar-refractivity contribution >= 4 is 18.3 Å². The normalized spacial score (nSPS) is 15.8. The number of nitrogens with one attached hydrogen (secondary N) is 1. The zero-order valence-corrected chi connectivity index (χ0v) is 12.2. The van der Waals surface area contributed by atoms with Gasteiger partial charge in [-0.1, -0.05) is 6.07 Å².